The molecule has 0 heterocycles. The van der Waals surface area contributed by atoms with Crippen molar-refractivity contribution in [1.29, 1.82) is 0 Å². The predicted octanol–water partition coefficient (Wildman–Crippen LogP) is 0.324. The van der Waals surface area contributed by atoms with Crippen LogP contribution in [-0.2, 0) is 4.28 Å². The van der Waals surface area contributed by atoms with Gasteiger partial charge in [-0.1, -0.05) is 0 Å². The van der Waals surface area contributed by atoms with E-state index in [9.17, 15) is 0 Å². The standard InChI is InChI=1S/C2H7NOS/c1-3(2)4-5/h5H,1-2H3. The second kappa shape index (κ2) is 2.50. The summed E-state index contributed by atoms with van der Waals surface area (Å²) in [7, 11) is 3.51. The Labute approximate surface area is 37.3 Å². The van der Waals surface area contributed by atoms with Crippen molar-refractivity contribution in [3.8, 4) is 0 Å². The van der Waals surface area contributed by atoms with E-state index in [-0.39, 0.29) is 0 Å². The molecule has 0 aliphatic carbocycles. The van der Waals surface area contributed by atoms with Crippen LogP contribution in [0.15, 0.2) is 0 Å². The number of thiol groups is 1. The van der Waals surface area contributed by atoms with Crippen LogP contribution in [0.4, 0.5) is 0 Å². The van der Waals surface area contributed by atoms with Crippen LogP contribution in [0.5, 0.6) is 0 Å². The predicted molar refractivity (Wildman–Crippen MR) is 23.8 cm³/mol. The lowest BCUT2D eigenvalue weighted by molar-refractivity contribution is 0.0270. The summed E-state index contributed by atoms with van der Waals surface area (Å²) in [5, 5.41) is 1.49. The molecular formula is C2H7NOS. The van der Waals surface area contributed by atoms with Crippen molar-refractivity contribution >= 4 is 12.9 Å². The van der Waals surface area contributed by atoms with Crippen LogP contribution in [0, 0.1) is 0 Å². The van der Waals surface area contributed by atoms with E-state index in [0.29, 0.717) is 0 Å². The van der Waals surface area contributed by atoms with Crippen molar-refractivity contribution in [3.05, 3.63) is 0 Å². The lowest BCUT2D eigenvalue weighted by Crippen LogP contribution is -2.04. The Bertz CT molecular complexity index is 23.6. The van der Waals surface area contributed by atoms with E-state index < -0.39 is 0 Å². The van der Waals surface area contributed by atoms with Crippen molar-refractivity contribution in [2.24, 2.45) is 0 Å². The number of hydroxylamine groups is 2. The molecule has 0 bridgehead atoms. The van der Waals surface area contributed by atoms with Gasteiger partial charge in [0.25, 0.3) is 0 Å². The molecule has 0 aromatic heterocycles. The minimum atomic E-state index is 1.49. The number of nitrogens with zero attached hydrogens (tertiary/aromatic N) is 1. The zero-order chi connectivity index (χ0) is 4.28. The minimum Gasteiger partial charge on any atom is -0.233 e. The number of rotatable bonds is 1. The van der Waals surface area contributed by atoms with Crippen LogP contribution < -0.4 is 0 Å². The van der Waals surface area contributed by atoms with E-state index in [1.807, 2.05) is 0 Å². The van der Waals surface area contributed by atoms with Crippen LogP contribution >= 0.6 is 12.9 Å². The molecule has 0 aliphatic rings. The summed E-state index contributed by atoms with van der Waals surface area (Å²) in [4.78, 5) is 0. The molecular weight excluding hydrogens is 86.1 g/mol. The number of hydrogen-bond acceptors (Lipinski definition) is 3. The molecule has 3 heteroatoms. The molecule has 0 aromatic carbocycles. The number of hydrogen-bond donors (Lipinski definition) is 1. The summed E-state index contributed by atoms with van der Waals surface area (Å²) < 4.78 is 4.28. The van der Waals surface area contributed by atoms with Crippen molar-refractivity contribution in [1.82, 2.24) is 5.06 Å². The summed E-state index contributed by atoms with van der Waals surface area (Å²) in [5.41, 5.74) is 0. The summed E-state index contributed by atoms with van der Waals surface area (Å²) in [5.74, 6) is 0. The van der Waals surface area contributed by atoms with Gasteiger partial charge in [-0.15, -0.1) is 0 Å². The van der Waals surface area contributed by atoms with E-state index in [4.69, 9.17) is 0 Å². The zero-order valence-corrected chi connectivity index (χ0v) is 4.20. The molecule has 0 atom stereocenters. The van der Waals surface area contributed by atoms with E-state index in [2.05, 4.69) is 17.2 Å². The van der Waals surface area contributed by atoms with Crippen molar-refractivity contribution in [3.63, 3.8) is 0 Å². The topological polar surface area (TPSA) is 12.5 Å². The van der Waals surface area contributed by atoms with Gasteiger partial charge in [0.2, 0.25) is 0 Å². The molecule has 0 unspecified atom stereocenters. The van der Waals surface area contributed by atoms with Gasteiger partial charge in [0.15, 0.2) is 0 Å². The Balaban J connectivity index is 2.54. The first-order valence-corrected chi connectivity index (χ1v) is 1.62. The average Bonchev–Trinajstić information content (AvgIpc) is 1.38. The largest absolute Gasteiger partial charge is 0.233 e. The SMILES string of the molecule is CN(C)OS. The molecule has 0 aromatic rings. The van der Waals surface area contributed by atoms with Crippen LogP contribution in [0.3, 0.4) is 0 Å². The van der Waals surface area contributed by atoms with E-state index in [1.54, 1.807) is 14.1 Å². The molecule has 0 amide bonds. The van der Waals surface area contributed by atoms with Crippen LogP contribution in [-0.4, -0.2) is 19.2 Å². The van der Waals surface area contributed by atoms with E-state index >= 15 is 0 Å². The lowest BCUT2D eigenvalue weighted by Gasteiger charge is -1.98. The first kappa shape index (κ1) is 5.27. The first-order chi connectivity index (χ1) is 2.27. The second-order valence-corrected chi connectivity index (χ2v) is 1.06. The van der Waals surface area contributed by atoms with Gasteiger partial charge < -0.3 is 0 Å². The zero-order valence-electron chi connectivity index (χ0n) is 3.30. The molecule has 0 fully saturated rings. The third kappa shape index (κ3) is 4.27. The molecule has 0 spiro atoms. The highest BCUT2D eigenvalue weighted by Crippen LogP contribution is 1.77. The van der Waals surface area contributed by atoms with Crippen LogP contribution in [0.1, 0.15) is 0 Å². The quantitative estimate of drug-likeness (QED) is 0.285. The van der Waals surface area contributed by atoms with Crippen molar-refractivity contribution < 1.29 is 4.28 Å². The maximum atomic E-state index is 4.28. The van der Waals surface area contributed by atoms with Gasteiger partial charge in [0.05, 0.1) is 0 Å². The molecule has 0 radical (unpaired) electrons. The molecule has 0 saturated heterocycles. The fraction of sp³-hybridized carbons (Fsp3) is 1.00. The molecule has 0 rings (SSSR count). The Morgan fingerprint density at radius 3 is 1.80 bits per heavy atom. The fourth-order valence-electron chi connectivity index (χ4n) is 0. The summed E-state index contributed by atoms with van der Waals surface area (Å²) in [6.07, 6.45) is 0. The van der Waals surface area contributed by atoms with Gasteiger partial charge in [-0.25, -0.2) is 4.28 Å². The third-order valence-corrected chi connectivity index (χ3v) is 0.490. The van der Waals surface area contributed by atoms with E-state index in [0.717, 1.165) is 0 Å². The van der Waals surface area contributed by atoms with Crippen LogP contribution in [0.2, 0.25) is 0 Å². The summed E-state index contributed by atoms with van der Waals surface area (Å²) in [6, 6.07) is 0. The molecule has 32 valence electrons. The Hall–Kier alpha value is 0.270. The molecule has 0 saturated carbocycles. The highest BCUT2D eigenvalue weighted by Gasteiger charge is 1.72. The lowest BCUT2D eigenvalue weighted by atomic mass is 11.2. The Morgan fingerprint density at radius 1 is 1.60 bits per heavy atom. The van der Waals surface area contributed by atoms with Gasteiger partial charge in [0.1, 0.15) is 0 Å². The molecule has 5 heavy (non-hydrogen) atoms. The van der Waals surface area contributed by atoms with E-state index in [1.165, 1.54) is 5.06 Å². The first-order valence-electron chi connectivity index (χ1n) is 1.26. The molecule has 2 nitrogen and oxygen atoms in total. The molecule has 0 aliphatic heterocycles. The second-order valence-electron chi connectivity index (χ2n) is 0.894. The smallest absolute Gasteiger partial charge is 0.0135 e. The van der Waals surface area contributed by atoms with Gasteiger partial charge >= 0.3 is 0 Å². The Morgan fingerprint density at radius 2 is 1.80 bits per heavy atom. The fourth-order valence-corrected chi connectivity index (χ4v) is 0. The van der Waals surface area contributed by atoms with Gasteiger partial charge in [-0.2, -0.15) is 5.06 Å². The summed E-state index contributed by atoms with van der Waals surface area (Å²) in [6.45, 7) is 0. The van der Waals surface area contributed by atoms with Crippen LogP contribution in [0.25, 0.3) is 0 Å². The molecule has 0 N–H and O–H groups in total. The normalized spacial score (nSPS) is 9.60. The third-order valence-electron chi connectivity index (χ3n) is 0.163. The highest BCUT2D eigenvalue weighted by molar-refractivity contribution is 7.75. The maximum Gasteiger partial charge on any atom is 0.0135 e. The van der Waals surface area contributed by atoms with Gasteiger partial charge in [-0.05, 0) is 12.9 Å². The average molecular weight is 93.2 g/mol. The summed E-state index contributed by atoms with van der Waals surface area (Å²) >= 11 is 3.44. The van der Waals surface area contributed by atoms with Gasteiger partial charge in [-0.3, -0.25) is 0 Å². The van der Waals surface area contributed by atoms with Gasteiger partial charge in [0, 0.05) is 14.1 Å². The van der Waals surface area contributed by atoms with Crippen molar-refractivity contribution in [2.75, 3.05) is 14.1 Å². The maximum absolute atomic E-state index is 4.28. The van der Waals surface area contributed by atoms with Crippen molar-refractivity contribution in [2.45, 2.75) is 0 Å². The minimum absolute atomic E-state index is 1.49. The Kier molecular flexibility index (Phi) is 2.64. The monoisotopic (exact) mass is 93.0 g/mol. The highest BCUT2D eigenvalue weighted by atomic mass is 32.1.